The summed E-state index contributed by atoms with van der Waals surface area (Å²) in [5.74, 6) is -2.38. The molecule has 0 fully saturated rings. The zero-order valence-electron chi connectivity index (χ0n) is 10.1. The number of carboxylic acid groups (broad SMARTS) is 1. The van der Waals surface area contributed by atoms with Gasteiger partial charge in [0.25, 0.3) is 0 Å². The Hall–Kier alpha value is -1.91. The summed E-state index contributed by atoms with van der Waals surface area (Å²) in [6, 6.07) is 5.31. The lowest BCUT2D eigenvalue weighted by Gasteiger charge is -2.12. The van der Waals surface area contributed by atoms with Crippen molar-refractivity contribution in [2.75, 3.05) is 6.54 Å². The van der Waals surface area contributed by atoms with Gasteiger partial charge in [-0.2, -0.15) is 0 Å². The Balaban J connectivity index is 2.69. The van der Waals surface area contributed by atoms with Gasteiger partial charge in [0, 0.05) is 13.0 Å². The Kier molecular flexibility index (Phi) is 5.30. The minimum atomic E-state index is -1.01. The number of carbonyl (C=O) groups is 2. The fraction of sp³-hybridized carbons (Fsp3) is 0.385. The van der Waals surface area contributed by atoms with Gasteiger partial charge < -0.3 is 10.4 Å². The average Bonchev–Trinajstić information content (AvgIpc) is 2.31. The van der Waals surface area contributed by atoms with Crippen LogP contribution in [0.15, 0.2) is 24.3 Å². The van der Waals surface area contributed by atoms with Crippen LogP contribution in [0.1, 0.15) is 31.2 Å². The first kappa shape index (κ1) is 14.2. The molecule has 18 heavy (non-hydrogen) atoms. The maximum atomic E-state index is 12.8. The molecule has 0 aliphatic carbocycles. The molecule has 0 saturated heterocycles. The van der Waals surface area contributed by atoms with Crippen molar-refractivity contribution in [1.29, 1.82) is 0 Å². The van der Waals surface area contributed by atoms with E-state index in [9.17, 15) is 14.0 Å². The second-order valence-corrected chi connectivity index (χ2v) is 3.93. The van der Waals surface area contributed by atoms with Crippen molar-refractivity contribution in [3.05, 3.63) is 35.6 Å². The monoisotopic (exact) mass is 253 g/mol. The summed E-state index contributed by atoms with van der Waals surface area (Å²) in [6.07, 6.45) is 0.342. The topological polar surface area (TPSA) is 66.4 Å². The second kappa shape index (κ2) is 6.74. The highest BCUT2D eigenvalue weighted by molar-refractivity contribution is 5.79. The molecular weight excluding hydrogens is 237 g/mol. The van der Waals surface area contributed by atoms with Crippen molar-refractivity contribution >= 4 is 11.9 Å². The molecule has 1 amide bonds. The first-order valence-electron chi connectivity index (χ1n) is 5.79. The third-order valence-corrected chi connectivity index (χ3v) is 2.60. The van der Waals surface area contributed by atoms with E-state index in [1.807, 2.05) is 0 Å². The molecule has 1 rings (SSSR count). The van der Waals surface area contributed by atoms with E-state index in [1.54, 1.807) is 6.92 Å². The number of benzene rings is 1. The molecule has 0 saturated carbocycles. The van der Waals surface area contributed by atoms with Crippen molar-refractivity contribution in [3.8, 4) is 0 Å². The molecule has 1 aromatic rings. The molecular formula is C13H16FNO3. The van der Waals surface area contributed by atoms with Crippen LogP contribution in [0.4, 0.5) is 4.39 Å². The maximum Gasteiger partial charge on any atom is 0.310 e. The highest BCUT2D eigenvalue weighted by Gasteiger charge is 2.20. The van der Waals surface area contributed by atoms with E-state index >= 15 is 0 Å². The minimum Gasteiger partial charge on any atom is -0.481 e. The number of carboxylic acids is 1. The fourth-order valence-corrected chi connectivity index (χ4v) is 1.69. The van der Waals surface area contributed by atoms with Gasteiger partial charge in [0.1, 0.15) is 5.82 Å². The third kappa shape index (κ3) is 4.16. The molecule has 1 aromatic carbocycles. The van der Waals surface area contributed by atoms with Gasteiger partial charge in [-0.3, -0.25) is 9.59 Å². The van der Waals surface area contributed by atoms with E-state index in [2.05, 4.69) is 5.32 Å². The lowest BCUT2D eigenvalue weighted by Crippen LogP contribution is -2.24. The van der Waals surface area contributed by atoms with Crippen LogP contribution in [0, 0.1) is 5.82 Å². The molecule has 5 heteroatoms. The van der Waals surface area contributed by atoms with E-state index in [-0.39, 0.29) is 18.7 Å². The third-order valence-electron chi connectivity index (χ3n) is 2.60. The number of aliphatic carboxylic acids is 1. The molecule has 0 aliphatic rings. The molecule has 0 bridgehead atoms. The number of rotatable bonds is 6. The summed E-state index contributed by atoms with van der Waals surface area (Å²) in [4.78, 5) is 22.4. The molecule has 1 atom stereocenters. The number of hydrogen-bond donors (Lipinski definition) is 2. The number of hydrogen-bond acceptors (Lipinski definition) is 2. The van der Waals surface area contributed by atoms with Gasteiger partial charge in [0.2, 0.25) is 5.91 Å². The SMILES string of the molecule is CCNC(=O)CCC(C(=O)O)c1ccc(F)cc1. The summed E-state index contributed by atoms with van der Waals surface area (Å²) < 4.78 is 12.8. The fourth-order valence-electron chi connectivity index (χ4n) is 1.69. The van der Waals surface area contributed by atoms with Crippen molar-refractivity contribution in [3.63, 3.8) is 0 Å². The predicted molar refractivity (Wildman–Crippen MR) is 64.7 cm³/mol. The van der Waals surface area contributed by atoms with Crippen molar-refractivity contribution in [2.45, 2.75) is 25.7 Å². The molecule has 0 heterocycles. The van der Waals surface area contributed by atoms with Gasteiger partial charge in [0.05, 0.1) is 5.92 Å². The Morgan fingerprint density at radius 1 is 1.33 bits per heavy atom. The normalized spacial score (nSPS) is 11.9. The van der Waals surface area contributed by atoms with Crippen LogP contribution in [0.2, 0.25) is 0 Å². The van der Waals surface area contributed by atoms with E-state index in [1.165, 1.54) is 24.3 Å². The lowest BCUT2D eigenvalue weighted by atomic mass is 9.94. The number of amides is 1. The Morgan fingerprint density at radius 3 is 2.44 bits per heavy atom. The van der Waals surface area contributed by atoms with Gasteiger partial charge in [-0.05, 0) is 31.0 Å². The number of halogens is 1. The Bertz CT molecular complexity index is 417. The quantitative estimate of drug-likeness (QED) is 0.813. The van der Waals surface area contributed by atoms with Gasteiger partial charge >= 0.3 is 5.97 Å². The molecule has 1 unspecified atom stereocenters. The highest BCUT2D eigenvalue weighted by atomic mass is 19.1. The molecule has 98 valence electrons. The van der Waals surface area contributed by atoms with Crippen LogP contribution >= 0.6 is 0 Å². The van der Waals surface area contributed by atoms with Crippen molar-refractivity contribution in [2.24, 2.45) is 0 Å². The van der Waals surface area contributed by atoms with E-state index in [0.29, 0.717) is 12.1 Å². The van der Waals surface area contributed by atoms with Crippen molar-refractivity contribution in [1.82, 2.24) is 5.32 Å². The molecule has 0 aromatic heterocycles. The largest absolute Gasteiger partial charge is 0.481 e. The Labute approximate surface area is 105 Å². The first-order valence-corrected chi connectivity index (χ1v) is 5.79. The summed E-state index contributed by atoms with van der Waals surface area (Å²) >= 11 is 0. The summed E-state index contributed by atoms with van der Waals surface area (Å²) in [5, 5.41) is 11.7. The zero-order valence-corrected chi connectivity index (χ0v) is 10.1. The Morgan fingerprint density at radius 2 is 1.94 bits per heavy atom. The number of nitrogens with one attached hydrogen (secondary N) is 1. The molecule has 0 aliphatic heterocycles. The van der Waals surface area contributed by atoms with Crippen LogP contribution in [-0.2, 0) is 9.59 Å². The standard InChI is InChI=1S/C13H16FNO3/c1-2-15-12(16)8-7-11(13(17)18)9-3-5-10(14)6-4-9/h3-6,11H,2,7-8H2,1H3,(H,15,16)(H,17,18). The smallest absolute Gasteiger partial charge is 0.310 e. The van der Waals surface area contributed by atoms with E-state index in [4.69, 9.17) is 5.11 Å². The lowest BCUT2D eigenvalue weighted by molar-refractivity contribution is -0.139. The van der Waals surface area contributed by atoms with Crippen LogP contribution in [0.5, 0.6) is 0 Å². The molecule has 0 spiro atoms. The highest BCUT2D eigenvalue weighted by Crippen LogP contribution is 2.21. The maximum absolute atomic E-state index is 12.8. The van der Waals surface area contributed by atoms with Gasteiger partial charge in [-0.15, -0.1) is 0 Å². The van der Waals surface area contributed by atoms with Crippen LogP contribution in [0.25, 0.3) is 0 Å². The first-order chi connectivity index (χ1) is 8.54. The predicted octanol–water partition coefficient (Wildman–Crippen LogP) is 1.91. The summed E-state index contributed by atoms with van der Waals surface area (Å²) in [7, 11) is 0. The van der Waals surface area contributed by atoms with Gasteiger partial charge in [-0.25, -0.2) is 4.39 Å². The average molecular weight is 253 g/mol. The second-order valence-electron chi connectivity index (χ2n) is 3.93. The van der Waals surface area contributed by atoms with Gasteiger partial charge in [0.15, 0.2) is 0 Å². The van der Waals surface area contributed by atoms with Gasteiger partial charge in [-0.1, -0.05) is 12.1 Å². The molecule has 2 N–H and O–H groups in total. The minimum absolute atomic E-state index is 0.141. The van der Waals surface area contributed by atoms with Crippen LogP contribution < -0.4 is 5.32 Å². The van der Waals surface area contributed by atoms with E-state index in [0.717, 1.165) is 0 Å². The molecule has 0 radical (unpaired) electrons. The number of carbonyl (C=O) groups excluding carboxylic acids is 1. The zero-order chi connectivity index (χ0) is 13.5. The summed E-state index contributed by atoms with van der Waals surface area (Å²) in [5.41, 5.74) is 0.508. The van der Waals surface area contributed by atoms with Crippen molar-refractivity contribution < 1.29 is 19.1 Å². The van der Waals surface area contributed by atoms with Crippen LogP contribution in [-0.4, -0.2) is 23.5 Å². The molecule has 4 nitrogen and oxygen atoms in total. The summed E-state index contributed by atoms with van der Waals surface area (Å²) in [6.45, 7) is 2.32. The van der Waals surface area contributed by atoms with E-state index < -0.39 is 17.7 Å². The van der Waals surface area contributed by atoms with Crippen LogP contribution in [0.3, 0.4) is 0 Å².